The molecule has 0 aliphatic carbocycles. The fourth-order valence-electron chi connectivity index (χ4n) is 0.860. The van der Waals surface area contributed by atoms with E-state index in [0.717, 1.165) is 0 Å². The molecule has 6 nitrogen and oxygen atoms in total. The summed E-state index contributed by atoms with van der Waals surface area (Å²) in [6.07, 6.45) is 1.40. The molecule has 0 spiro atoms. The lowest BCUT2D eigenvalue weighted by Gasteiger charge is -1.89. The standard InChI is InChI=1S/C5H5N5O.ClH/c6-5-9-3-2(4(11)10-5)7-1-8-3;/h1H,(H4,6,7,8,9,10,11);1H/p-1. The predicted octanol–water partition coefficient (Wildman–Crippen LogP) is -3.77. The van der Waals surface area contributed by atoms with Crippen molar-refractivity contribution in [1.29, 1.82) is 0 Å². The first kappa shape index (κ1) is 8.54. The number of nitrogens with zero attached hydrogens (tertiary/aromatic N) is 2. The average Bonchev–Trinajstić information content (AvgIpc) is 2.34. The highest BCUT2D eigenvalue weighted by molar-refractivity contribution is 5.69. The molecule has 2 heterocycles. The molecule has 0 saturated heterocycles. The van der Waals surface area contributed by atoms with Crippen molar-refractivity contribution in [2.24, 2.45) is 0 Å². The van der Waals surface area contributed by atoms with E-state index < -0.39 is 0 Å². The van der Waals surface area contributed by atoms with Crippen LogP contribution in [0.25, 0.3) is 11.2 Å². The molecule has 2 rings (SSSR count). The molecule has 4 N–H and O–H groups in total. The van der Waals surface area contributed by atoms with E-state index in [1.807, 2.05) is 0 Å². The molecule has 0 fully saturated rings. The molecular weight excluding hydrogens is 182 g/mol. The number of anilines is 1. The zero-order valence-corrected chi connectivity index (χ0v) is 6.59. The summed E-state index contributed by atoms with van der Waals surface area (Å²) in [5, 5.41) is 0. The van der Waals surface area contributed by atoms with Gasteiger partial charge in [0.15, 0.2) is 11.2 Å². The molecule has 0 aliphatic heterocycles. The highest BCUT2D eigenvalue weighted by Crippen LogP contribution is 1.98. The van der Waals surface area contributed by atoms with Crippen LogP contribution in [-0.2, 0) is 0 Å². The maximum absolute atomic E-state index is 11.0. The third-order valence-corrected chi connectivity index (χ3v) is 1.31. The van der Waals surface area contributed by atoms with Crippen LogP contribution in [0.5, 0.6) is 0 Å². The number of aromatic amines is 2. The Morgan fingerprint density at radius 2 is 2.25 bits per heavy atom. The lowest BCUT2D eigenvalue weighted by atomic mass is 10.5. The van der Waals surface area contributed by atoms with Crippen LogP contribution >= 0.6 is 0 Å². The summed E-state index contributed by atoms with van der Waals surface area (Å²) >= 11 is 0. The van der Waals surface area contributed by atoms with Crippen LogP contribution in [-0.4, -0.2) is 19.9 Å². The van der Waals surface area contributed by atoms with E-state index in [1.165, 1.54) is 6.33 Å². The molecule has 0 atom stereocenters. The van der Waals surface area contributed by atoms with Gasteiger partial charge in [-0.15, -0.1) is 0 Å². The van der Waals surface area contributed by atoms with Gasteiger partial charge in [0.1, 0.15) is 0 Å². The van der Waals surface area contributed by atoms with Gasteiger partial charge in [-0.05, 0) is 0 Å². The maximum Gasteiger partial charge on any atom is 0.278 e. The molecule has 0 saturated carbocycles. The first-order chi connectivity index (χ1) is 5.27. The Kier molecular flexibility index (Phi) is 2.01. The summed E-state index contributed by atoms with van der Waals surface area (Å²) in [5.74, 6) is 0.0783. The molecule has 0 unspecified atom stereocenters. The van der Waals surface area contributed by atoms with Crippen LogP contribution in [0.1, 0.15) is 0 Å². The first-order valence-corrected chi connectivity index (χ1v) is 2.96. The minimum absolute atomic E-state index is 0. The van der Waals surface area contributed by atoms with Crippen molar-refractivity contribution in [3.05, 3.63) is 16.7 Å². The molecule has 0 aliphatic rings. The zero-order chi connectivity index (χ0) is 7.84. The number of aromatic nitrogens is 4. The number of nitrogen functional groups attached to an aromatic ring is 1. The molecule has 64 valence electrons. The van der Waals surface area contributed by atoms with Crippen LogP contribution in [0.2, 0.25) is 0 Å². The normalized spacial score (nSPS) is 9.67. The van der Waals surface area contributed by atoms with Crippen molar-refractivity contribution in [3.63, 3.8) is 0 Å². The second-order valence-corrected chi connectivity index (χ2v) is 2.05. The lowest BCUT2D eigenvalue weighted by molar-refractivity contribution is -0.00000265. The largest absolute Gasteiger partial charge is 1.00 e. The van der Waals surface area contributed by atoms with Gasteiger partial charge in [-0.2, -0.15) is 4.98 Å². The molecule has 7 heteroatoms. The SMILES string of the molecule is Nc1nc2nc[nH]c2c(=O)[nH]1.[Cl-]. The Morgan fingerprint density at radius 3 is 3.00 bits per heavy atom. The van der Waals surface area contributed by atoms with Gasteiger partial charge in [0.05, 0.1) is 6.33 Å². The Balaban J connectivity index is 0.000000720. The van der Waals surface area contributed by atoms with E-state index in [-0.39, 0.29) is 23.9 Å². The highest BCUT2D eigenvalue weighted by Gasteiger charge is 2.01. The molecule has 2 aromatic heterocycles. The quantitative estimate of drug-likeness (QED) is 0.393. The van der Waals surface area contributed by atoms with E-state index in [9.17, 15) is 4.79 Å². The van der Waals surface area contributed by atoms with Crippen molar-refractivity contribution in [2.75, 3.05) is 5.73 Å². The van der Waals surface area contributed by atoms with Crippen LogP contribution < -0.4 is 23.7 Å². The smallest absolute Gasteiger partial charge is 0.278 e. The molecule has 0 bridgehead atoms. The second-order valence-electron chi connectivity index (χ2n) is 2.05. The average molecular weight is 187 g/mol. The lowest BCUT2D eigenvalue weighted by Crippen LogP contribution is -3.00. The first-order valence-electron chi connectivity index (χ1n) is 2.96. The Labute approximate surface area is 72.6 Å². The summed E-state index contributed by atoms with van der Waals surface area (Å²) in [4.78, 5) is 23.5. The van der Waals surface area contributed by atoms with Crippen LogP contribution in [0.3, 0.4) is 0 Å². The Hall–Kier alpha value is -1.56. The Bertz CT molecular complexity index is 446. The topological polar surface area (TPSA) is 100 Å². The van der Waals surface area contributed by atoms with E-state index in [2.05, 4.69) is 19.9 Å². The van der Waals surface area contributed by atoms with Crippen molar-refractivity contribution in [2.45, 2.75) is 0 Å². The van der Waals surface area contributed by atoms with Crippen molar-refractivity contribution in [3.8, 4) is 0 Å². The van der Waals surface area contributed by atoms with Crippen molar-refractivity contribution in [1.82, 2.24) is 19.9 Å². The minimum Gasteiger partial charge on any atom is -1.00 e. The molecule has 0 radical (unpaired) electrons. The zero-order valence-electron chi connectivity index (χ0n) is 5.84. The predicted molar refractivity (Wildman–Crippen MR) is 38.9 cm³/mol. The van der Waals surface area contributed by atoms with Crippen LogP contribution in [0.15, 0.2) is 11.1 Å². The van der Waals surface area contributed by atoms with Gasteiger partial charge in [-0.3, -0.25) is 9.78 Å². The number of hydrogen-bond donors (Lipinski definition) is 3. The second kappa shape index (κ2) is 2.82. The van der Waals surface area contributed by atoms with Crippen LogP contribution in [0, 0.1) is 0 Å². The minimum atomic E-state index is -0.301. The maximum atomic E-state index is 11.0. The van der Waals surface area contributed by atoms with Gasteiger partial charge in [0.2, 0.25) is 5.95 Å². The van der Waals surface area contributed by atoms with Gasteiger partial charge < -0.3 is 23.1 Å². The summed E-state index contributed by atoms with van der Waals surface area (Å²) in [6.45, 7) is 0. The summed E-state index contributed by atoms with van der Waals surface area (Å²) in [5.41, 5.74) is 5.65. The third kappa shape index (κ3) is 1.12. The summed E-state index contributed by atoms with van der Waals surface area (Å²) in [7, 11) is 0. The number of fused-ring (bicyclic) bond motifs is 1. The van der Waals surface area contributed by atoms with E-state index >= 15 is 0 Å². The molecule has 2 aromatic rings. The van der Waals surface area contributed by atoms with Gasteiger partial charge >= 0.3 is 0 Å². The van der Waals surface area contributed by atoms with Crippen molar-refractivity contribution >= 4 is 17.1 Å². The fourth-order valence-corrected chi connectivity index (χ4v) is 0.860. The highest BCUT2D eigenvalue weighted by atomic mass is 35.5. The van der Waals surface area contributed by atoms with E-state index in [4.69, 9.17) is 5.73 Å². The Morgan fingerprint density at radius 1 is 1.50 bits per heavy atom. The monoisotopic (exact) mass is 186 g/mol. The van der Waals surface area contributed by atoms with Crippen LogP contribution in [0.4, 0.5) is 5.95 Å². The third-order valence-electron chi connectivity index (χ3n) is 1.31. The molecule has 0 aromatic carbocycles. The van der Waals surface area contributed by atoms with Gasteiger partial charge in [-0.25, -0.2) is 4.98 Å². The van der Waals surface area contributed by atoms with Gasteiger partial charge in [0, 0.05) is 0 Å². The molecule has 12 heavy (non-hydrogen) atoms. The number of rotatable bonds is 0. The number of nitrogens with one attached hydrogen (secondary N) is 2. The molecule has 0 amide bonds. The summed E-state index contributed by atoms with van der Waals surface area (Å²) in [6, 6.07) is 0. The number of imidazole rings is 1. The summed E-state index contributed by atoms with van der Waals surface area (Å²) < 4.78 is 0. The van der Waals surface area contributed by atoms with Gasteiger partial charge in [-0.1, -0.05) is 0 Å². The molecular formula is C5H5ClN5O-. The van der Waals surface area contributed by atoms with Gasteiger partial charge in [0.25, 0.3) is 5.56 Å². The van der Waals surface area contributed by atoms with Crippen molar-refractivity contribution < 1.29 is 12.4 Å². The fraction of sp³-hybridized carbons (Fsp3) is 0. The van der Waals surface area contributed by atoms with E-state index in [0.29, 0.717) is 11.2 Å². The number of nitrogens with two attached hydrogens (primary N) is 1. The number of H-pyrrole nitrogens is 2. The number of hydrogen-bond acceptors (Lipinski definition) is 4. The number of halogens is 1. The van der Waals surface area contributed by atoms with E-state index in [1.54, 1.807) is 0 Å².